The Kier molecular flexibility index (Phi) is 5.03. The van der Waals surface area contributed by atoms with Crippen molar-refractivity contribution in [2.24, 2.45) is 7.05 Å². The minimum absolute atomic E-state index is 0.00703. The van der Waals surface area contributed by atoms with Gasteiger partial charge in [-0.2, -0.15) is 13.2 Å². The first-order valence-corrected chi connectivity index (χ1v) is 10.8. The van der Waals surface area contributed by atoms with E-state index >= 15 is 8.78 Å². The third-order valence-electron chi connectivity index (χ3n) is 6.59. The molecule has 10 heteroatoms. The van der Waals surface area contributed by atoms with Crippen LogP contribution in [0.25, 0.3) is 0 Å². The molecule has 1 aromatic heterocycles. The highest BCUT2D eigenvalue weighted by atomic mass is 19.4. The third-order valence-corrected chi connectivity index (χ3v) is 6.59. The molecule has 0 saturated heterocycles. The van der Waals surface area contributed by atoms with Crippen LogP contribution in [0, 0.1) is 0 Å². The Morgan fingerprint density at radius 2 is 1.85 bits per heavy atom. The van der Waals surface area contributed by atoms with Crippen molar-refractivity contribution in [1.82, 2.24) is 14.8 Å². The molecule has 2 aliphatic rings. The molecule has 5 nitrogen and oxygen atoms in total. The van der Waals surface area contributed by atoms with Crippen LogP contribution in [0.1, 0.15) is 70.3 Å². The third kappa shape index (κ3) is 3.65. The maximum absolute atomic E-state index is 15.6. The van der Waals surface area contributed by atoms with Crippen molar-refractivity contribution in [2.75, 3.05) is 4.90 Å². The number of amides is 1. The lowest BCUT2D eigenvalue weighted by atomic mass is 9.92. The molecule has 1 amide bonds. The number of benzene rings is 2. The van der Waals surface area contributed by atoms with Gasteiger partial charge in [-0.25, -0.2) is 8.78 Å². The first-order valence-electron chi connectivity index (χ1n) is 10.8. The number of hydrogen-bond acceptors (Lipinski definition) is 3. The predicted molar refractivity (Wildman–Crippen MR) is 114 cm³/mol. The van der Waals surface area contributed by atoms with Crippen LogP contribution < -0.4 is 4.90 Å². The molecule has 1 fully saturated rings. The molecule has 2 aromatic carbocycles. The Morgan fingerprint density at radius 1 is 1.12 bits per heavy atom. The molecule has 0 unspecified atom stereocenters. The molecular formula is C24H21F5N4O. The van der Waals surface area contributed by atoms with Crippen LogP contribution in [0.3, 0.4) is 0 Å². The fraction of sp³-hybridized carbons (Fsp3) is 0.375. The number of halogens is 5. The van der Waals surface area contributed by atoms with Crippen molar-refractivity contribution in [2.45, 2.75) is 50.2 Å². The lowest BCUT2D eigenvalue weighted by molar-refractivity contribution is -0.138. The predicted octanol–water partition coefficient (Wildman–Crippen LogP) is 5.77. The zero-order valence-electron chi connectivity index (χ0n) is 18.4. The van der Waals surface area contributed by atoms with E-state index in [-0.39, 0.29) is 40.7 Å². The van der Waals surface area contributed by atoms with Crippen molar-refractivity contribution in [3.05, 3.63) is 76.4 Å². The Balaban J connectivity index is 1.51. The molecule has 1 aliphatic carbocycles. The molecule has 1 aliphatic heterocycles. The molecule has 1 saturated carbocycles. The summed E-state index contributed by atoms with van der Waals surface area (Å²) in [6, 6.07) is 8.28. The highest BCUT2D eigenvalue weighted by Crippen LogP contribution is 2.46. The standard InChI is InChI=1S/C24H21F5N4O/c1-23(26,20(25)21-31-30-12-32(21)2)15-4-3-5-16(10-15)33-11-18-17(22(33)34)8-14(13-6-7-13)9-19(18)24(27,28)29/h3-5,8-10,12-13,20H,6-7,11H2,1-2H3/t20-,23+/m1/s1. The van der Waals surface area contributed by atoms with Gasteiger partial charge in [0, 0.05) is 18.3 Å². The van der Waals surface area contributed by atoms with E-state index < -0.39 is 29.5 Å². The summed E-state index contributed by atoms with van der Waals surface area (Å²) < 4.78 is 73.4. The molecule has 5 rings (SSSR count). The van der Waals surface area contributed by atoms with Crippen LogP contribution in [0.4, 0.5) is 27.6 Å². The summed E-state index contributed by atoms with van der Waals surface area (Å²) in [5.74, 6) is -0.765. The quantitative estimate of drug-likeness (QED) is 0.440. The smallest absolute Gasteiger partial charge is 0.318 e. The molecule has 0 radical (unpaired) electrons. The van der Waals surface area contributed by atoms with Gasteiger partial charge < -0.3 is 9.47 Å². The Labute approximate surface area is 192 Å². The number of rotatable bonds is 5. The van der Waals surface area contributed by atoms with Crippen molar-refractivity contribution in [1.29, 1.82) is 0 Å². The van der Waals surface area contributed by atoms with Crippen molar-refractivity contribution in [3.8, 4) is 0 Å². The lowest BCUT2D eigenvalue weighted by Crippen LogP contribution is -2.27. The average Bonchev–Trinajstić information content (AvgIpc) is 3.47. The molecule has 0 spiro atoms. The van der Waals surface area contributed by atoms with E-state index in [1.165, 1.54) is 47.1 Å². The number of aromatic nitrogens is 3. The molecule has 0 bridgehead atoms. The molecule has 2 atom stereocenters. The minimum atomic E-state index is -4.61. The van der Waals surface area contributed by atoms with E-state index in [0.717, 1.165) is 25.8 Å². The van der Waals surface area contributed by atoms with E-state index in [1.807, 2.05) is 0 Å². The van der Waals surface area contributed by atoms with E-state index in [2.05, 4.69) is 10.2 Å². The van der Waals surface area contributed by atoms with Crippen LogP contribution in [-0.2, 0) is 25.4 Å². The molecular weight excluding hydrogens is 455 g/mol. The minimum Gasteiger partial charge on any atom is -0.318 e. The fourth-order valence-electron chi connectivity index (χ4n) is 4.43. The Hall–Kier alpha value is -3.30. The largest absolute Gasteiger partial charge is 0.416 e. The highest BCUT2D eigenvalue weighted by Gasteiger charge is 2.43. The topological polar surface area (TPSA) is 51.0 Å². The molecule has 3 aromatic rings. The van der Waals surface area contributed by atoms with Gasteiger partial charge >= 0.3 is 6.18 Å². The number of carbonyl (C=O) groups excluding carboxylic acids is 1. The van der Waals surface area contributed by atoms with E-state index in [1.54, 1.807) is 6.07 Å². The monoisotopic (exact) mass is 476 g/mol. The number of aryl methyl sites for hydroxylation is 1. The van der Waals surface area contributed by atoms with Gasteiger partial charge in [-0.3, -0.25) is 4.79 Å². The fourth-order valence-corrected chi connectivity index (χ4v) is 4.43. The summed E-state index contributed by atoms with van der Waals surface area (Å²) in [5.41, 5.74) is -2.81. The van der Waals surface area contributed by atoms with Crippen LogP contribution in [0.2, 0.25) is 0 Å². The summed E-state index contributed by atoms with van der Waals surface area (Å²) >= 11 is 0. The van der Waals surface area contributed by atoms with E-state index in [0.29, 0.717) is 5.56 Å². The van der Waals surface area contributed by atoms with Gasteiger partial charge in [0.25, 0.3) is 5.91 Å². The van der Waals surface area contributed by atoms with Gasteiger partial charge in [0.15, 0.2) is 17.7 Å². The number of hydrogen-bond donors (Lipinski definition) is 0. The number of anilines is 1. The zero-order chi connectivity index (χ0) is 24.4. The number of nitrogens with zero attached hydrogens (tertiary/aromatic N) is 4. The van der Waals surface area contributed by atoms with Gasteiger partial charge in [0.2, 0.25) is 0 Å². The second-order valence-electron chi connectivity index (χ2n) is 9.05. The van der Waals surface area contributed by atoms with Crippen molar-refractivity contribution < 1.29 is 26.7 Å². The van der Waals surface area contributed by atoms with Gasteiger partial charge in [-0.05, 0) is 66.6 Å². The van der Waals surface area contributed by atoms with Gasteiger partial charge in [0.05, 0.1) is 12.1 Å². The van der Waals surface area contributed by atoms with Crippen molar-refractivity contribution >= 4 is 11.6 Å². The maximum atomic E-state index is 15.6. The summed E-state index contributed by atoms with van der Waals surface area (Å²) in [6.07, 6.45) is -3.92. The highest BCUT2D eigenvalue weighted by molar-refractivity contribution is 6.10. The van der Waals surface area contributed by atoms with Gasteiger partial charge in [-0.15, -0.1) is 10.2 Å². The molecule has 34 heavy (non-hydrogen) atoms. The van der Waals surface area contributed by atoms with Crippen LogP contribution in [0.15, 0.2) is 42.7 Å². The second-order valence-corrected chi connectivity index (χ2v) is 9.05. The zero-order valence-corrected chi connectivity index (χ0v) is 18.4. The maximum Gasteiger partial charge on any atom is 0.416 e. The first-order chi connectivity index (χ1) is 16.0. The number of alkyl halides is 5. The van der Waals surface area contributed by atoms with Crippen LogP contribution in [0.5, 0.6) is 0 Å². The van der Waals surface area contributed by atoms with Gasteiger partial charge in [0.1, 0.15) is 6.33 Å². The number of carbonyl (C=O) groups is 1. The summed E-state index contributed by atoms with van der Waals surface area (Å²) in [4.78, 5) is 14.3. The van der Waals surface area contributed by atoms with E-state index in [9.17, 15) is 18.0 Å². The molecule has 178 valence electrons. The summed E-state index contributed by atoms with van der Waals surface area (Å²) in [7, 11) is 1.49. The van der Waals surface area contributed by atoms with E-state index in [4.69, 9.17) is 0 Å². The summed E-state index contributed by atoms with van der Waals surface area (Å²) in [6.45, 7) is 0.748. The Morgan fingerprint density at radius 3 is 2.47 bits per heavy atom. The van der Waals surface area contributed by atoms with Gasteiger partial charge in [-0.1, -0.05) is 12.1 Å². The Bertz CT molecular complexity index is 1280. The normalized spacial score (nSPS) is 18.7. The summed E-state index contributed by atoms with van der Waals surface area (Å²) in [5, 5.41) is 7.21. The van der Waals surface area contributed by atoms with Crippen molar-refractivity contribution in [3.63, 3.8) is 0 Å². The lowest BCUT2D eigenvalue weighted by Gasteiger charge is -2.26. The molecule has 2 heterocycles. The average molecular weight is 476 g/mol. The second kappa shape index (κ2) is 7.61. The first kappa shape index (κ1) is 22.5. The SMILES string of the molecule is Cn1cnnc1[C@@H](F)[C@@](C)(F)c1cccc(N2Cc3c(cc(C4CC4)cc3C(F)(F)F)C2=O)c1. The van der Waals surface area contributed by atoms with Crippen LogP contribution in [-0.4, -0.2) is 20.7 Å². The molecule has 0 N–H and O–H groups in total. The van der Waals surface area contributed by atoms with Crippen LogP contribution >= 0.6 is 0 Å². The number of fused-ring (bicyclic) bond motifs is 1.